The van der Waals surface area contributed by atoms with Gasteiger partial charge in [-0.3, -0.25) is 0 Å². The van der Waals surface area contributed by atoms with Crippen LogP contribution in [0.3, 0.4) is 0 Å². The minimum Gasteiger partial charge on any atom is -0.478 e. The Morgan fingerprint density at radius 3 is 2.63 bits per heavy atom. The fourth-order valence-electron chi connectivity index (χ4n) is 1.54. The van der Waals surface area contributed by atoms with Crippen molar-refractivity contribution in [3.05, 3.63) is 41.5 Å². The molecule has 0 aliphatic carbocycles. The topological polar surface area (TPSA) is 49.3 Å². The van der Waals surface area contributed by atoms with E-state index in [-0.39, 0.29) is 5.69 Å². The van der Waals surface area contributed by atoms with Crippen molar-refractivity contribution in [1.29, 1.82) is 0 Å². The van der Waals surface area contributed by atoms with Gasteiger partial charge in [0.25, 0.3) is 0 Å². The van der Waals surface area contributed by atoms with Gasteiger partial charge in [-0.15, -0.1) is 0 Å². The molecule has 0 bridgehead atoms. The number of benzene rings is 1. The third-order valence-corrected chi connectivity index (χ3v) is 2.43. The minimum atomic E-state index is -4.69. The van der Waals surface area contributed by atoms with Gasteiger partial charge < -0.3 is 10.4 Å². The second kappa shape index (κ2) is 6.26. The summed E-state index contributed by atoms with van der Waals surface area (Å²) in [5.74, 6) is -1.59. The maximum atomic E-state index is 12.7. The number of carboxylic acid groups (broad SMARTS) is 1. The number of anilines is 1. The van der Waals surface area contributed by atoms with Crippen LogP contribution in [0.1, 0.15) is 29.3 Å². The van der Waals surface area contributed by atoms with Gasteiger partial charge in [-0.05, 0) is 31.5 Å². The molecular weight excluding hydrogens is 259 g/mol. The molecule has 0 aromatic heterocycles. The van der Waals surface area contributed by atoms with Crippen LogP contribution >= 0.6 is 0 Å². The lowest BCUT2D eigenvalue weighted by Gasteiger charge is -2.13. The molecule has 0 saturated heterocycles. The van der Waals surface area contributed by atoms with E-state index >= 15 is 0 Å². The van der Waals surface area contributed by atoms with Gasteiger partial charge in [-0.1, -0.05) is 12.2 Å². The molecule has 0 fully saturated rings. The average Bonchev–Trinajstić information content (AvgIpc) is 2.33. The lowest BCUT2D eigenvalue weighted by molar-refractivity contribution is -0.138. The molecule has 0 unspecified atom stereocenters. The number of carbonyl (C=O) groups is 1. The van der Waals surface area contributed by atoms with E-state index in [2.05, 4.69) is 5.32 Å². The predicted octanol–water partition coefficient (Wildman–Crippen LogP) is 3.78. The fourth-order valence-corrected chi connectivity index (χ4v) is 1.54. The second-order valence-electron chi connectivity index (χ2n) is 3.85. The van der Waals surface area contributed by atoms with E-state index in [1.165, 1.54) is 6.07 Å². The van der Waals surface area contributed by atoms with Crippen LogP contribution in [0.2, 0.25) is 0 Å². The van der Waals surface area contributed by atoms with Gasteiger partial charge in [0.15, 0.2) is 0 Å². The minimum absolute atomic E-state index is 0.252. The fraction of sp³-hybridized carbons (Fsp3) is 0.308. The molecule has 1 aromatic carbocycles. The molecule has 0 heterocycles. The standard InChI is InChI=1S/C13H14F3NO2/c1-2-3-4-7-17-9-5-6-10(12(18)19)11(8-9)13(14,15)16/h2-3,5-6,8,17H,4,7H2,1H3,(H,18,19)/b3-2+. The number of hydrogen-bond acceptors (Lipinski definition) is 2. The number of carboxylic acids is 1. The maximum absolute atomic E-state index is 12.7. The summed E-state index contributed by atoms with van der Waals surface area (Å²) in [5.41, 5.74) is -1.63. The quantitative estimate of drug-likeness (QED) is 0.634. The number of aromatic carboxylic acids is 1. The van der Waals surface area contributed by atoms with E-state index in [1.807, 2.05) is 19.1 Å². The first-order valence-corrected chi connectivity index (χ1v) is 5.66. The summed E-state index contributed by atoms with van der Waals surface area (Å²) in [6, 6.07) is 3.11. The van der Waals surface area contributed by atoms with Gasteiger partial charge in [-0.2, -0.15) is 13.2 Å². The number of rotatable bonds is 5. The summed E-state index contributed by atoms with van der Waals surface area (Å²) in [4.78, 5) is 10.7. The summed E-state index contributed by atoms with van der Waals surface area (Å²) in [6.07, 6.45) is -0.285. The van der Waals surface area contributed by atoms with Crippen LogP contribution in [0, 0.1) is 0 Å². The van der Waals surface area contributed by atoms with Gasteiger partial charge in [-0.25, -0.2) is 4.79 Å². The van der Waals surface area contributed by atoms with Crippen molar-refractivity contribution in [3.63, 3.8) is 0 Å². The number of nitrogens with one attached hydrogen (secondary N) is 1. The molecule has 19 heavy (non-hydrogen) atoms. The molecule has 1 aromatic rings. The molecule has 2 N–H and O–H groups in total. The molecule has 0 radical (unpaired) electrons. The van der Waals surface area contributed by atoms with Crippen LogP contribution in [-0.4, -0.2) is 17.6 Å². The van der Waals surface area contributed by atoms with Crippen LogP contribution in [0.4, 0.5) is 18.9 Å². The van der Waals surface area contributed by atoms with E-state index in [0.717, 1.165) is 12.1 Å². The number of hydrogen-bond donors (Lipinski definition) is 2. The smallest absolute Gasteiger partial charge is 0.417 e. The highest BCUT2D eigenvalue weighted by Crippen LogP contribution is 2.33. The van der Waals surface area contributed by atoms with Gasteiger partial charge in [0.1, 0.15) is 0 Å². The zero-order chi connectivity index (χ0) is 14.5. The molecule has 104 valence electrons. The summed E-state index contributed by atoms with van der Waals surface area (Å²) in [6.45, 7) is 2.33. The lowest BCUT2D eigenvalue weighted by atomic mass is 10.1. The summed E-state index contributed by atoms with van der Waals surface area (Å²) < 4.78 is 38.2. The first kappa shape index (κ1) is 15.1. The Bertz CT molecular complexity index is 481. The molecule has 0 saturated carbocycles. The molecule has 0 aliphatic heterocycles. The number of halogens is 3. The number of allylic oxidation sites excluding steroid dienone is 1. The Kier molecular flexibility index (Phi) is 4.97. The summed E-state index contributed by atoms with van der Waals surface area (Å²) in [5, 5.41) is 11.6. The monoisotopic (exact) mass is 273 g/mol. The van der Waals surface area contributed by atoms with Crippen LogP contribution in [-0.2, 0) is 6.18 Å². The molecule has 0 atom stereocenters. The third kappa shape index (κ3) is 4.31. The first-order chi connectivity index (χ1) is 8.86. The van der Waals surface area contributed by atoms with Crippen LogP contribution < -0.4 is 5.32 Å². The van der Waals surface area contributed by atoms with Gasteiger partial charge in [0.05, 0.1) is 11.1 Å². The van der Waals surface area contributed by atoms with Crippen molar-refractivity contribution >= 4 is 11.7 Å². The first-order valence-electron chi connectivity index (χ1n) is 5.66. The van der Waals surface area contributed by atoms with Crippen molar-refractivity contribution in [1.82, 2.24) is 0 Å². The summed E-state index contributed by atoms with van der Waals surface area (Å²) >= 11 is 0. The predicted molar refractivity (Wildman–Crippen MR) is 66.3 cm³/mol. The molecular formula is C13H14F3NO2. The van der Waals surface area contributed by atoms with E-state index in [9.17, 15) is 18.0 Å². The Hall–Kier alpha value is -1.98. The molecule has 0 aliphatic rings. The largest absolute Gasteiger partial charge is 0.478 e. The SMILES string of the molecule is C/C=C/CCNc1ccc(C(=O)O)c(C(F)(F)F)c1. The third-order valence-electron chi connectivity index (χ3n) is 2.43. The Labute approximate surface area is 108 Å². The van der Waals surface area contributed by atoms with Crippen LogP contribution in [0.25, 0.3) is 0 Å². The Morgan fingerprint density at radius 1 is 1.42 bits per heavy atom. The van der Waals surface area contributed by atoms with Crippen molar-refractivity contribution in [3.8, 4) is 0 Å². The Balaban J connectivity index is 2.95. The highest BCUT2D eigenvalue weighted by Gasteiger charge is 2.35. The highest BCUT2D eigenvalue weighted by atomic mass is 19.4. The maximum Gasteiger partial charge on any atom is 0.417 e. The molecule has 1 rings (SSSR count). The van der Waals surface area contributed by atoms with Gasteiger partial charge in [0, 0.05) is 12.2 Å². The zero-order valence-corrected chi connectivity index (χ0v) is 10.3. The average molecular weight is 273 g/mol. The van der Waals surface area contributed by atoms with Crippen molar-refractivity contribution in [2.45, 2.75) is 19.5 Å². The normalized spacial score (nSPS) is 11.8. The van der Waals surface area contributed by atoms with Crippen LogP contribution in [0.5, 0.6) is 0 Å². The molecule has 3 nitrogen and oxygen atoms in total. The molecule has 0 spiro atoms. The number of alkyl halides is 3. The van der Waals surface area contributed by atoms with Crippen molar-refractivity contribution in [2.75, 3.05) is 11.9 Å². The Morgan fingerprint density at radius 2 is 2.11 bits per heavy atom. The van der Waals surface area contributed by atoms with E-state index < -0.39 is 23.3 Å². The molecule has 6 heteroatoms. The van der Waals surface area contributed by atoms with E-state index in [4.69, 9.17) is 5.11 Å². The van der Waals surface area contributed by atoms with Gasteiger partial charge in [0.2, 0.25) is 0 Å². The second-order valence-corrected chi connectivity index (χ2v) is 3.85. The van der Waals surface area contributed by atoms with Gasteiger partial charge >= 0.3 is 12.1 Å². The van der Waals surface area contributed by atoms with E-state index in [1.54, 1.807) is 0 Å². The van der Waals surface area contributed by atoms with Crippen molar-refractivity contribution in [2.24, 2.45) is 0 Å². The highest BCUT2D eigenvalue weighted by molar-refractivity contribution is 5.90. The van der Waals surface area contributed by atoms with E-state index in [0.29, 0.717) is 13.0 Å². The summed E-state index contributed by atoms with van der Waals surface area (Å²) in [7, 11) is 0. The lowest BCUT2D eigenvalue weighted by Crippen LogP contribution is -2.13. The van der Waals surface area contributed by atoms with Crippen molar-refractivity contribution < 1.29 is 23.1 Å². The van der Waals surface area contributed by atoms with Crippen LogP contribution in [0.15, 0.2) is 30.4 Å². The molecule has 0 amide bonds. The zero-order valence-electron chi connectivity index (χ0n) is 10.3.